The highest BCUT2D eigenvalue weighted by molar-refractivity contribution is 7.16. The Bertz CT molecular complexity index is 588. The lowest BCUT2D eigenvalue weighted by molar-refractivity contribution is -0.380. The van der Waals surface area contributed by atoms with Gasteiger partial charge in [0.15, 0.2) is 5.76 Å². The maximum atomic E-state index is 11.4. The van der Waals surface area contributed by atoms with E-state index in [1.54, 1.807) is 12.1 Å². The van der Waals surface area contributed by atoms with Crippen molar-refractivity contribution in [2.24, 2.45) is 5.10 Å². The van der Waals surface area contributed by atoms with Crippen LogP contribution in [0.3, 0.4) is 0 Å². The number of rotatable bonds is 4. The molecule has 0 aliphatic heterocycles. The molecule has 0 aromatic carbocycles. The lowest BCUT2D eigenvalue weighted by Gasteiger charge is -1.93. The summed E-state index contributed by atoms with van der Waals surface area (Å²) in [6.45, 7) is 0. The maximum absolute atomic E-state index is 11.4. The van der Waals surface area contributed by atoms with Crippen molar-refractivity contribution in [3.05, 3.63) is 51.3 Å². The Kier molecular flexibility index (Phi) is 3.49. The van der Waals surface area contributed by atoms with Gasteiger partial charge in [0, 0.05) is 6.07 Å². The van der Waals surface area contributed by atoms with Gasteiger partial charge in [0.05, 0.1) is 22.3 Å². The third kappa shape index (κ3) is 2.80. The fourth-order valence-electron chi connectivity index (χ4n) is 1.13. The van der Waals surface area contributed by atoms with E-state index in [1.807, 2.05) is 0 Å². The van der Waals surface area contributed by atoms with Crippen LogP contribution in [0.25, 0.3) is 0 Å². The molecule has 2 aromatic rings. The summed E-state index contributed by atoms with van der Waals surface area (Å²) in [4.78, 5) is 21.9. The molecule has 2 rings (SSSR count). The van der Waals surface area contributed by atoms with Crippen molar-refractivity contribution in [3.8, 4) is 0 Å². The van der Waals surface area contributed by atoms with Crippen LogP contribution in [0.1, 0.15) is 15.4 Å². The lowest BCUT2D eigenvalue weighted by atomic mass is 10.4. The van der Waals surface area contributed by atoms with Crippen LogP contribution >= 0.6 is 11.3 Å². The number of furan rings is 1. The molecule has 0 bridgehead atoms. The predicted octanol–water partition coefficient (Wildman–Crippen LogP) is 2.01. The summed E-state index contributed by atoms with van der Waals surface area (Å²) in [6.07, 6.45) is 2.71. The lowest BCUT2D eigenvalue weighted by Crippen LogP contribution is -2.16. The first-order valence-electron chi connectivity index (χ1n) is 4.78. The molecule has 2 aromatic heterocycles. The van der Waals surface area contributed by atoms with Gasteiger partial charge >= 0.3 is 10.9 Å². The SMILES string of the molecule is O=C(N/N=C/c1ccc([N+](=O)[O-])s1)c1ccco1. The van der Waals surface area contributed by atoms with Gasteiger partial charge in [-0.2, -0.15) is 5.10 Å². The fraction of sp³-hybridized carbons (Fsp3) is 0. The average Bonchev–Trinajstić information content (AvgIpc) is 3.00. The van der Waals surface area contributed by atoms with Crippen molar-refractivity contribution in [1.82, 2.24) is 5.43 Å². The number of nitrogens with one attached hydrogen (secondary N) is 1. The van der Waals surface area contributed by atoms with Crippen LogP contribution in [0.4, 0.5) is 5.00 Å². The monoisotopic (exact) mass is 265 g/mol. The number of hydrogen-bond acceptors (Lipinski definition) is 6. The van der Waals surface area contributed by atoms with E-state index in [1.165, 1.54) is 24.6 Å². The highest BCUT2D eigenvalue weighted by Crippen LogP contribution is 2.22. The Labute approximate surface area is 105 Å². The van der Waals surface area contributed by atoms with Gasteiger partial charge in [-0.1, -0.05) is 11.3 Å². The molecule has 0 spiro atoms. The highest BCUT2D eigenvalue weighted by Gasteiger charge is 2.09. The Hall–Kier alpha value is -2.48. The van der Waals surface area contributed by atoms with Gasteiger partial charge in [0.25, 0.3) is 0 Å². The van der Waals surface area contributed by atoms with Crippen LogP contribution in [-0.4, -0.2) is 17.0 Å². The zero-order chi connectivity index (χ0) is 13.0. The summed E-state index contributed by atoms with van der Waals surface area (Å²) >= 11 is 0.967. The molecule has 1 N–H and O–H groups in total. The summed E-state index contributed by atoms with van der Waals surface area (Å²) in [5.74, 6) is -0.341. The normalized spacial score (nSPS) is 10.7. The summed E-state index contributed by atoms with van der Waals surface area (Å²) < 4.78 is 4.86. The molecule has 0 saturated heterocycles. The largest absolute Gasteiger partial charge is 0.459 e. The second-order valence-electron chi connectivity index (χ2n) is 3.11. The molecule has 0 aliphatic carbocycles. The maximum Gasteiger partial charge on any atom is 0.324 e. The van der Waals surface area contributed by atoms with Crippen molar-refractivity contribution in [1.29, 1.82) is 0 Å². The zero-order valence-corrected chi connectivity index (χ0v) is 9.72. The van der Waals surface area contributed by atoms with Crippen molar-refractivity contribution in [3.63, 3.8) is 0 Å². The van der Waals surface area contributed by atoms with E-state index >= 15 is 0 Å². The minimum absolute atomic E-state index is 0.0220. The molecule has 0 saturated carbocycles. The summed E-state index contributed by atoms with van der Waals surface area (Å²) in [7, 11) is 0. The molecule has 0 unspecified atom stereocenters. The molecule has 0 fully saturated rings. The number of thiophene rings is 1. The van der Waals surface area contributed by atoms with Crippen molar-refractivity contribution < 1.29 is 14.1 Å². The van der Waals surface area contributed by atoms with Crippen molar-refractivity contribution in [2.45, 2.75) is 0 Å². The van der Waals surface area contributed by atoms with Gasteiger partial charge < -0.3 is 4.42 Å². The quantitative estimate of drug-likeness (QED) is 0.519. The number of hydrogen-bond donors (Lipinski definition) is 1. The van der Waals surface area contributed by atoms with Crippen LogP contribution in [0.5, 0.6) is 0 Å². The Morgan fingerprint density at radius 2 is 2.33 bits per heavy atom. The summed E-state index contributed by atoms with van der Waals surface area (Å²) in [5, 5.41) is 14.1. The van der Waals surface area contributed by atoms with Gasteiger partial charge in [-0.25, -0.2) is 5.43 Å². The number of carbonyl (C=O) groups excluding carboxylic acids is 1. The molecule has 0 radical (unpaired) electrons. The second-order valence-corrected chi connectivity index (χ2v) is 4.20. The van der Waals surface area contributed by atoms with E-state index in [4.69, 9.17) is 4.42 Å². The molecule has 18 heavy (non-hydrogen) atoms. The van der Waals surface area contributed by atoms with Gasteiger partial charge in [-0.15, -0.1) is 0 Å². The van der Waals surface area contributed by atoms with E-state index < -0.39 is 10.8 Å². The van der Waals surface area contributed by atoms with Crippen molar-refractivity contribution >= 4 is 28.5 Å². The van der Waals surface area contributed by atoms with Crippen LogP contribution in [0.15, 0.2) is 40.0 Å². The molecule has 7 nitrogen and oxygen atoms in total. The smallest absolute Gasteiger partial charge is 0.324 e. The standard InChI is InChI=1S/C10H7N3O4S/c14-10(8-2-1-5-17-8)12-11-6-7-3-4-9(18-7)13(15)16/h1-6H,(H,12,14)/b11-6+. The van der Waals surface area contributed by atoms with E-state index in [0.717, 1.165) is 11.3 Å². The Balaban J connectivity index is 1.95. The van der Waals surface area contributed by atoms with Crippen LogP contribution < -0.4 is 5.43 Å². The van der Waals surface area contributed by atoms with Gasteiger partial charge in [-0.3, -0.25) is 14.9 Å². The number of amides is 1. The molecule has 0 aliphatic rings. The molecule has 1 amide bonds. The van der Waals surface area contributed by atoms with Crippen molar-refractivity contribution in [2.75, 3.05) is 0 Å². The number of hydrazone groups is 1. The van der Waals surface area contributed by atoms with Gasteiger partial charge in [0.2, 0.25) is 0 Å². The first kappa shape index (κ1) is 12.0. The summed E-state index contributed by atoms with van der Waals surface area (Å²) in [5.41, 5.74) is 2.25. The topological polar surface area (TPSA) is 97.7 Å². The van der Waals surface area contributed by atoms with E-state index in [2.05, 4.69) is 10.5 Å². The fourth-order valence-corrected chi connectivity index (χ4v) is 1.82. The Morgan fingerprint density at radius 1 is 1.50 bits per heavy atom. The van der Waals surface area contributed by atoms with E-state index in [0.29, 0.717) is 4.88 Å². The molecule has 8 heteroatoms. The molecule has 2 heterocycles. The molecular formula is C10H7N3O4S. The average molecular weight is 265 g/mol. The third-order valence-corrected chi connectivity index (χ3v) is 2.87. The summed E-state index contributed by atoms with van der Waals surface area (Å²) in [6, 6.07) is 6.01. The number of nitrogens with zero attached hydrogens (tertiary/aromatic N) is 2. The van der Waals surface area contributed by atoms with Gasteiger partial charge in [0.1, 0.15) is 0 Å². The van der Waals surface area contributed by atoms with E-state index in [-0.39, 0.29) is 10.8 Å². The van der Waals surface area contributed by atoms with Crippen LogP contribution in [0, 0.1) is 10.1 Å². The van der Waals surface area contributed by atoms with E-state index in [9.17, 15) is 14.9 Å². The van der Waals surface area contributed by atoms with Gasteiger partial charge in [-0.05, 0) is 18.2 Å². The minimum Gasteiger partial charge on any atom is -0.459 e. The first-order chi connectivity index (χ1) is 8.66. The predicted molar refractivity (Wildman–Crippen MR) is 64.7 cm³/mol. The molecular weight excluding hydrogens is 258 g/mol. The first-order valence-corrected chi connectivity index (χ1v) is 5.59. The molecule has 92 valence electrons. The molecule has 0 atom stereocenters. The third-order valence-electron chi connectivity index (χ3n) is 1.90. The highest BCUT2D eigenvalue weighted by atomic mass is 32.1. The van der Waals surface area contributed by atoms with Crippen LogP contribution in [-0.2, 0) is 0 Å². The zero-order valence-electron chi connectivity index (χ0n) is 8.90. The number of carbonyl (C=O) groups is 1. The Morgan fingerprint density at radius 3 is 2.94 bits per heavy atom. The number of nitro groups is 1. The van der Waals surface area contributed by atoms with Crippen LogP contribution in [0.2, 0.25) is 0 Å². The second kappa shape index (κ2) is 5.23. The minimum atomic E-state index is -0.484.